The minimum atomic E-state index is -1.31. The molecule has 1 aromatic carbocycles. The van der Waals surface area contributed by atoms with Crippen LogP contribution in [-0.4, -0.2) is 47.9 Å². The van der Waals surface area contributed by atoms with E-state index in [1.54, 1.807) is 6.92 Å². The van der Waals surface area contributed by atoms with E-state index in [4.69, 9.17) is 0 Å². The van der Waals surface area contributed by atoms with Crippen molar-refractivity contribution in [1.29, 1.82) is 0 Å². The van der Waals surface area contributed by atoms with Crippen LogP contribution in [0.2, 0.25) is 0 Å². The Morgan fingerprint density at radius 3 is 2.69 bits per heavy atom. The van der Waals surface area contributed by atoms with Gasteiger partial charge in [0.25, 0.3) is 5.91 Å². The van der Waals surface area contributed by atoms with Gasteiger partial charge in [-0.15, -0.1) is 0 Å². The third kappa shape index (κ3) is 3.55. The first-order valence-corrected chi connectivity index (χ1v) is 8.72. The van der Waals surface area contributed by atoms with E-state index in [0.29, 0.717) is 11.6 Å². The molecule has 0 saturated carbocycles. The smallest absolute Gasteiger partial charge is 0.325 e. The number of hydrogen-bond acceptors (Lipinski definition) is 4. The van der Waals surface area contributed by atoms with E-state index in [-0.39, 0.29) is 18.5 Å². The number of imide groups is 1. The van der Waals surface area contributed by atoms with Crippen molar-refractivity contribution in [2.45, 2.75) is 44.3 Å². The number of hydrogen-bond donors (Lipinski definition) is 3. The summed E-state index contributed by atoms with van der Waals surface area (Å²) in [5.74, 6) is -1.32. The van der Waals surface area contributed by atoms with Crippen LogP contribution >= 0.6 is 0 Å². The van der Waals surface area contributed by atoms with Crippen molar-refractivity contribution in [3.8, 4) is 0 Å². The van der Waals surface area contributed by atoms with E-state index >= 15 is 0 Å². The molecule has 0 aliphatic carbocycles. The molecule has 0 spiro atoms. The van der Waals surface area contributed by atoms with Crippen molar-refractivity contribution in [2.75, 3.05) is 13.1 Å². The van der Waals surface area contributed by atoms with Crippen molar-refractivity contribution < 1.29 is 18.8 Å². The molecule has 140 valence electrons. The maximum absolute atomic E-state index is 13.1. The topological polar surface area (TPSA) is 90.5 Å². The number of nitrogens with zero attached hydrogens (tertiary/aromatic N) is 1. The van der Waals surface area contributed by atoms with Crippen LogP contribution in [0, 0.1) is 5.82 Å². The van der Waals surface area contributed by atoms with Gasteiger partial charge in [0.15, 0.2) is 0 Å². The first-order valence-electron chi connectivity index (χ1n) is 8.72. The lowest BCUT2D eigenvalue weighted by molar-refractivity contribution is -0.135. The van der Waals surface area contributed by atoms with Gasteiger partial charge in [-0.05, 0) is 50.9 Å². The third-order valence-electron chi connectivity index (χ3n) is 4.99. The summed E-state index contributed by atoms with van der Waals surface area (Å²) in [5, 5.41) is 8.80. The van der Waals surface area contributed by atoms with E-state index in [9.17, 15) is 18.8 Å². The third-order valence-corrected chi connectivity index (χ3v) is 4.99. The maximum atomic E-state index is 13.1. The molecule has 4 amide bonds. The summed E-state index contributed by atoms with van der Waals surface area (Å²) in [6, 6.07) is 5.08. The second kappa shape index (κ2) is 7.03. The Morgan fingerprint density at radius 1 is 1.35 bits per heavy atom. The highest BCUT2D eigenvalue weighted by Crippen LogP contribution is 2.28. The van der Waals surface area contributed by atoms with Gasteiger partial charge in [0, 0.05) is 12.1 Å². The van der Waals surface area contributed by atoms with Gasteiger partial charge >= 0.3 is 6.03 Å². The van der Waals surface area contributed by atoms with Crippen LogP contribution in [-0.2, 0) is 15.1 Å². The fraction of sp³-hybridized carbons (Fsp3) is 0.500. The minimum absolute atomic E-state index is 0.0306. The molecule has 26 heavy (non-hydrogen) atoms. The lowest BCUT2D eigenvalue weighted by atomic mass is 9.92. The fourth-order valence-corrected chi connectivity index (χ4v) is 3.50. The second-order valence-corrected chi connectivity index (χ2v) is 7.10. The quantitative estimate of drug-likeness (QED) is 0.693. The number of carbonyl (C=O) groups is 3. The number of piperidine rings is 1. The number of rotatable bonds is 4. The number of benzene rings is 1. The number of carbonyl (C=O) groups excluding carboxylic acids is 3. The zero-order chi connectivity index (χ0) is 18.9. The van der Waals surface area contributed by atoms with Crippen LogP contribution in [0.5, 0.6) is 0 Å². The van der Waals surface area contributed by atoms with Crippen LogP contribution in [0.4, 0.5) is 9.18 Å². The van der Waals surface area contributed by atoms with Gasteiger partial charge in [0.2, 0.25) is 5.91 Å². The molecular weight excluding hydrogens is 339 g/mol. The second-order valence-electron chi connectivity index (χ2n) is 7.10. The number of urea groups is 1. The average Bonchev–Trinajstić information content (AvgIpc) is 2.79. The van der Waals surface area contributed by atoms with E-state index in [2.05, 4.69) is 16.0 Å². The lowest BCUT2D eigenvalue weighted by Gasteiger charge is -2.29. The molecule has 0 radical (unpaired) electrons. The fourth-order valence-electron chi connectivity index (χ4n) is 3.50. The summed E-state index contributed by atoms with van der Waals surface area (Å²) in [6.07, 6.45) is 1.61. The predicted octanol–water partition coefficient (Wildman–Crippen LogP) is 0.849. The van der Waals surface area contributed by atoms with Gasteiger partial charge in [-0.2, -0.15) is 0 Å². The summed E-state index contributed by atoms with van der Waals surface area (Å²) in [6.45, 7) is 4.08. The van der Waals surface area contributed by atoms with Gasteiger partial charge < -0.3 is 16.0 Å². The highest BCUT2D eigenvalue weighted by Gasteiger charge is 2.49. The highest BCUT2D eigenvalue weighted by molar-refractivity contribution is 6.09. The number of amides is 4. The highest BCUT2D eigenvalue weighted by atomic mass is 19.1. The molecule has 0 aromatic heterocycles. The van der Waals surface area contributed by atoms with Gasteiger partial charge in [0.05, 0.1) is 0 Å². The lowest BCUT2D eigenvalue weighted by Crippen LogP contribution is -2.50. The first kappa shape index (κ1) is 18.3. The first-order chi connectivity index (χ1) is 12.3. The van der Waals surface area contributed by atoms with Gasteiger partial charge in [-0.1, -0.05) is 12.1 Å². The molecule has 3 N–H and O–H groups in total. The zero-order valence-corrected chi connectivity index (χ0v) is 14.8. The van der Waals surface area contributed by atoms with Crippen LogP contribution in [0.25, 0.3) is 0 Å². The van der Waals surface area contributed by atoms with Crippen LogP contribution in [0.3, 0.4) is 0 Å². The molecule has 2 heterocycles. The molecule has 7 nitrogen and oxygen atoms in total. The molecule has 3 rings (SSSR count). The van der Waals surface area contributed by atoms with Gasteiger partial charge in [0.1, 0.15) is 17.9 Å². The summed E-state index contributed by atoms with van der Waals surface area (Å²) >= 11 is 0. The number of halogens is 1. The van der Waals surface area contributed by atoms with Crippen molar-refractivity contribution >= 4 is 17.8 Å². The molecule has 3 unspecified atom stereocenters. The Kier molecular flexibility index (Phi) is 4.95. The van der Waals surface area contributed by atoms with Crippen LogP contribution in [0.1, 0.15) is 32.3 Å². The average molecular weight is 362 g/mol. The van der Waals surface area contributed by atoms with E-state index < -0.39 is 23.3 Å². The summed E-state index contributed by atoms with van der Waals surface area (Å²) < 4.78 is 13.1. The Morgan fingerprint density at radius 2 is 2.04 bits per heavy atom. The maximum Gasteiger partial charge on any atom is 0.325 e. The summed E-state index contributed by atoms with van der Waals surface area (Å²) in [4.78, 5) is 38.2. The molecule has 8 heteroatoms. The van der Waals surface area contributed by atoms with Crippen LogP contribution < -0.4 is 16.0 Å². The molecule has 0 bridgehead atoms. The number of nitrogens with one attached hydrogen (secondary N) is 3. The van der Waals surface area contributed by atoms with E-state index in [0.717, 1.165) is 24.3 Å². The largest absolute Gasteiger partial charge is 0.352 e. The van der Waals surface area contributed by atoms with Gasteiger partial charge in [-0.3, -0.25) is 14.5 Å². The monoisotopic (exact) mass is 362 g/mol. The summed E-state index contributed by atoms with van der Waals surface area (Å²) in [5.41, 5.74) is -0.846. The standard InChI is InChI=1S/C18H23FN4O3/c1-11-9-14(7-8-20-11)21-15(24)10-23-16(25)18(2,22-17(23)26)12-3-5-13(19)6-4-12/h3-6,11,14,20H,7-10H2,1-2H3,(H,21,24)(H,22,26). The molecule has 2 aliphatic heterocycles. The van der Waals surface area contributed by atoms with Crippen molar-refractivity contribution in [1.82, 2.24) is 20.9 Å². The Bertz CT molecular complexity index is 724. The van der Waals surface area contributed by atoms with E-state index in [1.807, 2.05) is 6.92 Å². The Balaban J connectivity index is 1.67. The van der Waals surface area contributed by atoms with E-state index in [1.165, 1.54) is 24.3 Å². The zero-order valence-electron chi connectivity index (χ0n) is 14.8. The molecule has 2 aliphatic rings. The van der Waals surface area contributed by atoms with Gasteiger partial charge in [-0.25, -0.2) is 9.18 Å². The SMILES string of the molecule is CC1CC(NC(=O)CN2C(=O)NC(C)(c3ccc(F)cc3)C2=O)CCN1. The molecule has 2 saturated heterocycles. The molecule has 3 atom stereocenters. The predicted molar refractivity (Wildman–Crippen MR) is 92.6 cm³/mol. The molecule has 2 fully saturated rings. The van der Waals surface area contributed by atoms with Crippen molar-refractivity contribution in [2.24, 2.45) is 0 Å². The molecule has 1 aromatic rings. The van der Waals surface area contributed by atoms with Crippen molar-refractivity contribution in [3.63, 3.8) is 0 Å². The molecular formula is C18H23FN4O3. The summed E-state index contributed by atoms with van der Waals surface area (Å²) in [7, 11) is 0. The Labute approximate surface area is 151 Å². The minimum Gasteiger partial charge on any atom is -0.352 e. The normalized spacial score (nSPS) is 28.8. The Hall–Kier alpha value is -2.48. The van der Waals surface area contributed by atoms with Crippen LogP contribution in [0.15, 0.2) is 24.3 Å². The van der Waals surface area contributed by atoms with Crippen molar-refractivity contribution in [3.05, 3.63) is 35.6 Å².